The molecule has 0 N–H and O–H groups in total. The fourth-order valence-corrected chi connectivity index (χ4v) is 1.86. The molecular formula is C11H5Cl3N2O. The Morgan fingerprint density at radius 2 is 1.94 bits per heavy atom. The normalized spacial score (nSPS) is 10.3. The van der Waals surface area contributed by atoms with Crippen molar-refractivity contribution in [3.05, 3.63) is 57.0 Å². The van der Waals surface area contributed by atoms with Crippen molar-refractivity contribution in [1.29, 1.82) is 0 Å². The minimum absolute atomic E-state index is 0.0255. The molecule has 0 fully saturated rings. The second kappa shape index (κ2) is 5.00. The highest BCUT2D eigenvalue weighted by Crippen LogP contribution is 2.19. The molecule has 0 bridgehead atoms. The van der Waals surface area contributed by atoms with Gasteiger partial charge in [0.05, 0.1) is 6.20 Å². The standard InChI is InChI=1S/C11H5Cl3N2O/c12-7-3-1-2-6(4-7)10(17)9-11(14)16-8(13)5-15-9/h1-5H. The zero-order valence-electron chi connectivity index (χ0n) is 8.32. The number of nitrogens with zero attached hydrogens (tertiary/aromatic N) is 2. The molecule has 17 heavy (non-hydrogen) atoms. The van der Waals surface area contributed by atoms with E-state index in [4.69, 9.17) is 34.8 Å². The number of rotatable bonds is 2. The Bertz CT molecular complexity index is 587. The lowest BCUT2D eigenvalue weighted by molar-refractivity contribution is 0.103. The maximum Gasteiger partial charge on any atom is 0.214 e. The number of hydrogen-bond donors (Lipinski definition) is 0. The van der Waals surface area contributed by atoms with Crippen LogP contribution >= 0.6 is 34.8 Å². The van der Waals surface area contributed by atoms with Gasteiger partial charge >= 0.3 is 0 Å². The monoisotopic (exact) mass is 286 g/mol. The maximum absolute atomic E-state index is 12.0. The number of ketones is 1. The summed E-state index contributed by atoms with van der Waals surface area (Å²) in [5, 5.41) is 0.578. The van der Waals surface area contributed by atoms with Gasteiger partial charge in [-0.25, -0.2) is 9.97 Å². The molecule has 6 heteroatoms. The van der Waals surface area contributed by atoms with Crippen LogP contribution in [0.4, 0.5) is 0 Å². The SMILES string of the molecule is O=C(c1cccc(Cl)c1)c1ncc(Cl)nc1Cl. The fraction of sp³-hybridized carbons (Fsp3) is 0. The molecule has 0 atom stereocenters. The van der Waals surface area contributed by atoms with E-state index in [1.54, 1.807) is 18.2 Å². The molecule has 2 rings (SSSR count). The zero-order valence-corrected chi connectivity index (χ0v) is 10.6. The summed E-state index contributed by atoms with van der Waals surface area (Å²) in [7, 11) is 0. The smallest absolute Gasteiger partial charge is 0.214 e. The van der Waals surface area contributed by atoms with Crippen LogP contribution in [0.2, 0.25) is 15.3 Å². The Morgan fingerprint density at radius 3 is 2.59 bits per heavy atom. The summed E-state index contributed by atoms with van der Waals surface area (Å²) in [5.74, 6) is -0.346. The molecular weight excluding hydrogens is 282 g/mol. The molecule has 1 aromatic carbocycles. The molecule has 1 heterocycles. The van der Waals surface area contributed by atoms with Gasteiger partial charge in [0, 0.05) is 10.6 Å². The van der Waals surface area contributed by atoms with E-state index in [1.807, 2.05) is 0 Å². The first-order valence-corrected chi connectivity index (χ1v) is 5.69. The molecule has 0 aliphatic rings. The molecule has 0 radical (unpaired) electrons. The van der Waals surface area contributed by atoms with E-state index in [9.17, 15) is 4.79 Å². The van der Waals surface area contributed by atoms with E-state index in [-0.39, 0.29) is 21.8 Å². The Kier molecular flexibility index (Phi) is 3.62. The zero-order chi connectivity index (χ0) is 12.4. The van der Waals surface area contributed by atoms with Gasteiger partial charge in [0.2, 0.25) is 5.78 Å². The Morgan fingerprint density at radius 1 is 1.18 bits per heavy atom. The minimum atomic E-state index is -0.346. The summed E-state index contributed by atoms with van der Waals surface area (Å²) in [4.78, 5) is 19.7. The second-order valence-corrected chi connectivity index (χ2v) is 4.35. The van der Waals surface area contributed by atoms with Crippen molar-refractivity contribution in [2.75, 3.05) is 0 Å². The van der Waals surface area contributed by atoms with E-state index in [0.29, 0.717) is 10.6 Å². The van der Waals surface area contributed by atoms with Gasteiger partial charge < -0.3 is 0 Å². The molecule has 0 saturated heterocycles. The lowest BCUT2D eigenvalue weighted by atomic mass is 10.1. The van der Waals surface area contributed by atoms with Gasteiger partial charge in [-0.1, -0.05) is 46.9 Å². The predicted molar refractivity (Wildman–Crippen MR) is 66.9 cm³/mol. The van der Waals surface area contributed by atoms with Gasteiger partial charge in [-0.3, -0.25) is 4.79 Å². The molecule has 1 aromatic heterocycles. The third-order valence-electron chi connectivity index (χ3n) is 2.00. The van der Waals surface area contributed by atoms with E-state index in [2.05, 4.69) is 9.97 Å². The highest BCUT2D eigenvalue weighted by atomic mass is 35.5. The van der Waals surface area contributed by atoms with Crippen LogP contribution < -0.4 is 0 Å². The van der Waals surface area contributed by atoms with Crippen molar-refractivity contribution >= 4 is 40.6 Å². The van der Waals surface area contributed by atoms with Gasteiger partial charge in [0.1, 0.15) is 10.8 Å². The van der Waals surface area contributed by atoms with Crippen LogP contribution in [0.5, 0.6) is 0 Å². The largest absolute Gasteiger partial charge is 0.287 e. The van der Waals surface area contributed by atoms with Crippen molar-refractivity contribution in [2.45, 2.75) is 0 Å². The van der Waals surface area contributed by atoms with Gasteiger partial charge in [0.25, 0.3) is 0 Å². The molecule has 0 aliphatic heterocycles. The van der Waals surface area contributed by atoms with Crippen LogP contribution in [-0.2, 0) is 0 Å². The summed E-state index contributed by atoms with van der Waals surface area (Å²) in [6.45, 7) is 0. The Balaban J connectivity index is 2.44. The molecule has 0 aliphatic carbocycles. The molecule has 0 unspecified atom stereocenters. The van der Waals surface area contributed by atoms with Crippen molar-refractivity contribution in [3.63, 3.8) is 0 Å². The van der Waals surface area contributed by atoms with Crippen molar-refractivity contribution in [3.8, 4) is 0 Å². The molecule has 0 amide bonds. The third-order valence-corrected chi connectivity index (χ3v) is 2.68. The number of carbonyl (C=O) groups is 1. The quantitative estimate of drug-likeness (QED) is 0.792. The molecule has 0 saturated carbocycles. The first-order valence-electron chi connectivity index (χ1n) is 4.56. The van der Waals surface area contributed by atoms with Crippen molar-refractivity contribution in [1.82, 2.24) is 9.97 Å². The molecule has 0 spiro atoms. The number of benzene rings is 1. The summed E-state index contributed by atoms with van der Waals surface area (Å²) >= 11 is 17.2. The highest BCUT2D eigenvalue weighted by Gasteiger charge is 2.16. The van der Waals surface area contributed by atoms with E-state index in [1.165, 1.54) is 12.3 Å². The van der Waals surface area contributed by atoms with E-state index >= 15 is 0 Å². The minimum Gasteiger partial charge on any atom is -0.287 e. The highest BCUT2D eigenvalue weighted by molar-refractivity contribution is 6.35. The number of hydrogen-bond acceptors (Lipinski definition) is 3. The van der Waals surface area contributed by atoms with Crippen LogP contribution in [0.3, 0.4) is 0 Å². The third kappa shape index (κ3) is 2.75. The summed E-state index contributed by atoms with van der Waals surface area (Å²) < 4.78 is 0. The molecule has 3 nitrogen and oxygen atoms in total. The van der Waals surface area contributed by atoms with Crippen LogP contribution in [0, 0.1) is 0 Å². The van der Waals surface area contributed by atoms with Crippen LogP contribution in [-0.4, -0.2) is 15.8 Å². The average Bonchev–Trinajstić information content (AvgIpc) is 2.28. The van der Waals surface area contributed by atoms with Gasteiger partial charge in [-0.15, -0.1) is 0 Å². The van der Waals surface area contributed by atoms with Crippen molar-refractivity contribution in [2.24, 2.45) is 0 Å². The average molecular weight is 288 g/mol. The lowest BCUT2D eigenvalue weighted by Crippen LogP contribution is -2.06. The van der Waals surface area contributed by atoms with Crippen LogP contribution in [0.15, 0.2) is 30.5 Å². The number of carbonyl (C=O) groups excluding carboxylic acids is 1. The van der Waals surface area contributed by atoms with E-state index < -0.39 is 0 Å². The summed E-state index contributed by atoms with van der Waals surface area (Å²) in [5.41, 5.74) is 0.453. The second-order valence-electron chi connectivity index (χ2n) is 3.17. The summed E-state index contributed by atoms with van der Waals surface area (Å²) in [6.07, 6.45) is 1.27. The van der Waals surface area contributed by atoms with E-state index in [0.717, 1.165) is 0 Å². The molecule has 86 valence electrons. The van der Waals surface area contributed by atoms with Crippen molar-refractivity contribution < 1.29 is 4.79 Å². The van der Waals surface area contributed by atoms with Gasteiger partial charge in [-0.2, -0.15) is 0 Å². The van der Waals surface area contributed by atoms with Gasteiger partial charge in [-0.05, 0) is 12.1 Å². The summed E-state index contributed by atoms with van der Waals surface area (Å²) in [6, 6.07) is 6.51. The Hall–Kier alpha value is -1.16. The predicted octanol–water partition coefficient (Wildman–Crippen LogP) is 3.67. The lowest BCUT2D eigenvalue weighted by Gasteiger charge is -2.02. The molecule has 2 aromatic rings. The van der Waals surface area contributed by atoms with Crippen LogP contribution in [0.25, 0.3) is 0 Å². The van der Waals surface area contributed by atoms with Gasteiger partial charge in [0.15, 0.2) is 5.15 Å². The number of halogens is 3. The Labute approximate surface area is 112 Å². The number of aromatic nitrogens is 2. The maximum atomic E-state index is 12.0. The van der Waals surface area contributed by atoms with Crippen LogP contribution in [0.1, 0.15) is 16.1 Å². The topological polar surface area (TPSA) is 42.9 Å². The first kappa shape index (κ1) is 12.3. The first-order chi connectivity index (χ1) is 8.08. The fourth-order valence-electron chi connectivity index (χ4n) is 1.27.